The highest BCUT2D eigenvalue weighted by Crippen LogP contribution is 2.58. The van der Waals surface area contributed by atoms with Gasteiger partial charge in [-0.15, -0.1) is 0 Å². The van der Waals surface area contributed by atoms with Crippen LogP contribution < -0.4 is 10.2 Å². The number of nitrogens with one attached hydrogen (secondary N) is 1. The molecular formula is C37H41F5N8O4. The lowest BCUT2D eigenvalue weighted by atomic mass is 9.48. The molecule has 0 unspecified atom stereocenters. The molecule has 17 heteroatoms. The number of aliphatic carboxylic acids is 1. The van der Waals surface area contributed by atoms with Crippen LogP contribution in [0.3, 0.4) is 0 Å². The maximum absolute atomic E-state index is 15.5. The molecule has 4 aliphatic carbocycles. The van der Waals surface area contributed by atoms with Crippen molar-refractivity contribution in [2.24, 2.45) is 23.7 Å². The number of aromatic nitrogens is 5. The number of ether oxygens (including phenoxy) is 1. The number of rotatable bonds is 7. The first kappa shape index (κ1) is 35.5. The second-order valence-electron chi connectivity index (χ2n) is 16.4. The number of hydrogen-bond acceptors (Lipinski definition) is 9. The van der Waals surface area contributed by atoms with Crippen LogP contribution in [0.2, 0.25) is 0 Å². The standard InChI is InChI=1S/C37H41F5N8O4/c1-34(38,39)30-25(31(51)47-37(32(52)53)23-9-20-8-21(11-23)12-24(37)10-20)15-44-33(46-30)49-18-35(3-6-54-7-4-35)26-13-29(43-16-28(26)49)50-27-2-5-48(19-36(40,41)42)17-22(27)14-45-50/h13-16,20-21,23-24H,2-12,17-19H2,1H3,(H,47,51)(H,52,53). The van der Waals surface area contributed by atoms with Gasteiger partial charge in [-0.3, -0.25) is 9.69 Å². The zero-order valence-electron chi connectivity index (χ0n) is 29.7. The molecule has 1 saturated heterocycles. The average molecular weight is 757 g/mol. The summed E-state index contributed by atoms with van der Waals surface area (Å²) in [5.41, 5.74) is -0.340. The van der Waals surface area contributed by atoms with Gasteiger partial charge in [0, 0.05) is 63.4 Å². The Morgan fingerprint density at radius 1 is 1.00 bits per heavy atom. The first-order valence-corrected chi connectivity index (χ1v) is 18.7. The lowest BCUT2D eigenvalue weighted by molar-refractivity contribution is -0.163. The highest BCUT2D eigenvalue weighted by Gasteiger charge is 2.62. The summed E-state index contributed by atoms with van der Waals surface area (Å²) in [5.74, 6) is -4.89. The van der Waals surface area contributed by atoms with E-state index < -0.39 is 52.7 Å². The first-order chi connectivity index (χ1) is 25.6. The van der Waals surface area contributed by atoms with Crippen molar-refractivity contribution in [3.05, 3.63) is 52.7 Å². The number of fused-ring (bicyclic) bond motifs is 3. The number of nitrogens with zero attached hydrogens (tertiary/aromatic N) is 7. The maximum atomic E-state index is 15.5. The molecule has 54 heavy (non-hydrogen) atoms. The Balaban J connectivity index is 1.04. The quantitative estimate of drug-likeness (QED) is 0.306. The van der Waals surface area contributed by atoms with Gasteiger partial charge in [0.05, 0.1) is 35.9 Å². The van der Waals surface area contributed by atoms with Crippen LogP contribution in [0.5, 0.6) is 0 Å². The number of hydrogen-bond donors (Lipinski definition) is 2. The molecule has 3 aliphatic heterocycles. The first-order valence-electron chi connectivity index (χ1n) is 18.7. The molecule has 2 N–H and O–H groups in total. The number of anilines is 2. The minimum Gasteiger partial charge on any atom is -0.479 e. The molecule has 10 rings (SSSR count). The number of halogens is 5. The van der Waals surface area contributed by atoms with Crippen molar-refractivity contribution in [3.8, 4) is 5.82 Å². The normalized spacial score (nSPS) is 28.7. The van der Waals surface area contributed by atoms with Gasteiger partial charge in [-0.1, -0.05) is 0 Å². The SMILES string of the molecule is CC(F)(F)c1nc(N2CC3(CCOCC3)c3cc(-n4ncc5c4CCN(CC(F)(F)F)C5)ncc32)ncc1C(=O)NC1(C(=O)O)C2CC3CC(C2)CC1C3. The lowest BCUT2D eigenvalue weighted by Gasteiger charge is -2.59. The minimum absolute atomic E-state index is 0.0500. The highest BCUT2D eigenvalue weighted by atomic mass is 19.4. The molecule has 0 atom stereocenters. The summed E-state index contributed by atoms with van der Waals surface area (Å²) in [7, 11) is 0. The number of alkyl halides is 5. The van der Waals surface area contributed by atoms with Crippen molar-refractivity contribution in [3.63, 3.8) is 0 Å². The summed E-state index contributed by atoms with van der Waals surface area (Å²) >= 11 is 0. The lowest BCUT2D eigenvalue weighted by Crippen LogP contribution is -2.70. The predicted octanol–water partition coefficient (Wildman–Crippen LogP) is 5.30. The number of carboxylic acid groups (broad SMARTS) is 1. The van der Waals surface area contributed by atoms with Crippen molar-refractivity contribution in [1.29, 1.82) is 0 Å². The van der Waals surface area contributed by atoms with E-state index in [4.69, 9.17) is 4.74 Å². The van der Waals surface area contributed by atoms with Gasteiger partial charge in [-0.05, 0) is 80.2 Å². The van der Waals surface area contributed by atoms with E-state index in [0.717, 1.165) is 23.9 Å². The van der Waals surface area contributed by atoms with Gasteiger partial charge in [0.1, 0.15) is 11.2 Å². The van der Waals surface area contributed by atoms with Crippen LogP contribution >= 0.6 is 0 Å². The highest BCUT2D eigenvalue weighted by molar-refractivity contribution is 5.99. The molecule has 1 spiro atoms. The Labute approximate surface area is 307 Å². The Morgan fingerprint density at radius 3 is 2.35 bits per heavy atom. The molecular weight excluding hydrogens is 715 g/mol. The second-order valence-corrected chi connectivity index (χ2v) is 16.4. The molecule has 0 aromatic carbocycles. The van der Waals surface area contributed by atoms with E-state index in [2.05, 4.69) is 25.4 Å². The monoisotopic (exact) mass is 756 g/mol. The van der Waals surface area contributed by atoms with Crippen LogP contribution in [0.1, 0.15) is 84.7 Å². The second kappa shape index (κ2) is 12.4. The third-order valence-electron chi connectivity index (χ3n) is 13.1. The van der Waals surface area contributed by atoms with Crippen molar-refractivity contribution in [2.75, 3.05) is 37.7 Å². The van der Waals surface area contributed by atoms with E-state index in [1.165, 1.54) is 4.90 Å². The summed E-state index contributed by atoms with van der Waals surface area (Å²) in [4.78, 5) is 43.4. The van der Waals surface area contributed by atoms with Gasteiger partial charge in [0.25, 0.3) is 11.8 Å². The van der Waals surface area contributed by atoms with E-state index in [-0.39, 0.29) is 30.9 Å². The largest absolute Gasteiger partial charge is 0.479 e. The fourth-order valence-corrected chi connectivity index (χ4v) is 10.8. The Morgan fingerprint density at radius 2 is 1.70 bits per heavy atom. The van der Waals surface area contributed by atoms with Crippen molar-refractivity contribution >= 4 is 23.5 Å². The van der Waals surface area contributed by atoms with Crippen LogP contribution in [-0.2, 0) is 33.8 Å². The van der Waals surface area contributed by atoms with E-state index in [0.29, 0.717) is 101 Å². The maximum Gasteiger partial charge on any atom is 0.401 e. The molecule has 5 fully saturated rings. The minimum atomic E-state index is -4.30. The Bertz CT molecular complexity index is 1980. The third-order valence-corrected chi connectivity index (χ3v) is 13.1. The molecule has 4 saturated carbocycles. The predicted molar refractivity (Wildman–Crippen MR) is 182 cm³/mol. The van der Waals surface area contributed by atoms with Crippen LogP contribution in [0.15, 0.2) is 24.7 Å². The molecule has 3 aromatic heterocycles. The molecule has 12 nitrogen and oxygen atoms in total. The van der Waals surface area contributed by atoms with Gasteiger partial charge in [-0.25, -0.2) is 24.4 Å². The van der Waals surface area contributed by atoms with Gasteiger partial charge in [0.2, 0.25) is 5.95 Å². The number of pyridine rings is 1. The van der Waals surface area contributed by atoms with Gasteiger partial charge in [0.15, 0.2) is 5.82 Å². The van der Waals surface area contributed by atoms with Crippen molar-refractivity contribution in [1.82, 2.24) is 34.9 Å². The summed E-state index contributed by atoms with van der Waals surface area (Å²) < 4.78 is 77.5. The fraction of sp³-hybridized carbons (Fsp3) is 0.622. The molecule has 288 valence electrons. The van der Waals surface area contributed by atoms with Gasteiger partial charge in [-0.2, -0.15) is 27.1 Å². The molecule has 1 amide bonds. The molecule has 7 aliphatic rings. The van der Waals surface area contributed by atoms with Crippen LogP contribution in [0.4, 0.5) is 33.6 Å². The average Bonchev–Trinajstić information content (AvgIpc) is 3.67. The smallest absolute Gasteiger partial charge is 0.401 e. The Hall–Kier alpha value is -4.25. The van der Waals surface area contributed by atoms with Crippen LogP contribution in [-0.4, -0.2) is 91.2 Å². The number of carboxylic acids is 1. The van der Waals surface area contributed by atoms with Gasteiger partial charge < -0.3 is 20.1 Å². The topological polar surface area (TPSA) is 139 Å². The summed E-state index contributed by atoms with van der Waals surface area (Å²) in [6, 6.07) is 1.89. The molecule has 0 radical (unpaired) electrons. The van der Waals surface area contributed by atoms with E-state index >= 15 is 8.78 Å². The number of carbonyl (C=O) groups is 2. The van der Waals surface area contributed by atoms with Crippen LogP contribution in [0.25, 0.3) is 5.82 Å². The van der Waals surface area contributed by atoms with E-state index in [1.807, 2.05) is 6.07 Å². The number of amides is 1. The molecule has 6 heterocycles. The third kappa shape index (κ3) is 5.75. The van der Waals surface area contributed by atoms with E-state index in [1.54, 1.807) is 22.0 Å². The summed E-state index contributed by atoms with van der Waals surface area (Å²) in [5, 5.41) is 17.8. The Kier molecular flexibility index (Phi) is 8.13. The van der Waals surface area contributed by atoms with Crippen molar-refractivity contribution < 1.29 is 41.4 Å². The fourth-order valence-electron chi connectivity index (χ4n) is 10.8. The van der Waals surface area contributed by atoms with E-state index in [9.17, 15) is 27.9 Å². The number of carbonyl (C=O) groups excluding carboxylic acids is 1. The molecule has 4 bridgehead atoms. The van der Waals surface area contributed by atoms with Gasteiger partial charge >= 0.3 is 12.1 Å². The molecule has 3 aromatic rings. The zero-order chi connectivity index (χ0) is 37.8. The van der Waals surface area contributed by atoms with Crippen molar-refractivity contribution in [2.45, 2.75) is 87.9 Å². The summed E-state index contributed by atoms with van der Waals surface area (Å²) in [6.45, 7) is 1.24. The zero-order valence-corrected chi connectivity index (χ0v) is 29.7. The summed E-state index contributed by atoms with van der Waals surface area (Å²) in [6.07, 6.45) is 5.35. The van der Waals surface area contributed by atoms with Crippen LogP contribution in [0, 0.1) is 23.7 Å².